The third kappa shape index (κ3) is 4.44. The Morgan fingerprint density at radius 3 is 2.23 bits per heavy atom. The summed E-state index contributed by atoms with van der Waals surface area (Å²) in [6.07, 6.45) is -5.82. The summed E-state index contributed by atoms with van der Waals surface area (Å²) in [5.74, 6) is -12.5. The Balaban J connectivity index is 2.61. The van der Waals surface area contributed by atoms with Crippen molar-refractivity contribution in [3.63, 3.8) is 0 Å². The first-order valence-electron chi connectivity index (χ1n) is 8.42. The number of nitrogens with zero attached hydrogens (tertiary/aromatic N) is 1. The standard InChI is InChI=1S/C18H13F9N2OS/c19-8-15(9-20)7-12(14(31)29-5-1-4-28)11-6-10(2-3-13(11)30-15)16(21,22)17(23,24)18(25,26)27/h2-3,6-7H,1,5,8-9H2,(H,29,31). The number of nitrogens with one attached hydrogen (secondary N) is 1. The molecule has 0 saturated heterocycles. The van der Waals surface area contributed by atoms with Crippen molar-refractivity contribution in [2.45, 2.75) is 30.0 Å². The van der Waals surface area contributed by atoms with E-state index in [2.05, 4.69) is 5.32 Å². The fraction of sp³-hybridized carbons (Fsp3) is 0.444. The molecule has 1 aliphatic rings. The highest BCUT2D eigenvalue weighted by atomic mass is 32.1. The number of fused-ring (bicyclic) bond motifs is 1. The van der Waals surface area contributed by atoms with Gasteiger partial charge in [-0.25, -0.2) is 8.78 Å². The first-order valence-corrected chi connectivity index (χ1v) is 8.83. The first-order chi connectivity index (χ1) is 14.3. The molecule has 0 radical (unpaired) electrons. The fourth-order valence-electron chi connectivity index (χ4n) is 2.66. The summed E-state index contributed by atoms with van der Waals surface area (Å²) in [5, 5.41) is 11.1. The zero-order valence-electron chi connectivity index (χ0n) is 15.3. The smallest absolute Gasteiger partial charge is 0.460 e. The van der Waals surface area contributed by atoms with Gasteiger partial charge in [0.2, 0.25) is 0 Å². The lowest BCUT2D eigenvalue weighted by molar-refractivity contribution is -0.359. The van der Waals surface area contributed by atoms with Crippen LogP contribution in [0.2, 0.25) is 0 Å². The number of alkyl halides is 9. The molecule has 0 aromatic heterocycles. The number of hydrogen-bond acceptors (Lipinski definition) is 3. The molecule has 0 saturated carbocycles. The van der Waals surface area contributed by atoms with Crippen molar-refractivity contribution in [1.29, 1.82) is 5.26 Å². The number of benzene rings is 1. The number of thiocarbonyl (C=S) groups is 1. The van der Waals surface area contributed by atoms with E-state index >= 15 is 0 Å². The van der Waals surface area contributed by atoms with E-state index in [1.54, 1.807) is 6.07 Å². The second-order valence-corrected chi connectivity index (χ2v) is 6.92. The molecular weight excluding hydrogens is 463 g/mol. The molecule has 2 rings (SSSR count). The van der Waals surface area contributed by atoms with Gasteiger partial charge in [-0.15, -0.1) is 0 Å². The molecule has 1 heterocycles. The van der Waals surface area contributed by atoms with Gasteiger partial charge in [0.1, 0.15) is 24.1 Å². The Kier molecular flexibility index (Phi) is 6.85. The summed E-state index contributed by atoms with van der Waals surface area (Å²) in [6.45, 7) is -2.89. The topological polar surface area (TPSA) is 45.0 Å². The minimum Gasteiger partial charge on any atom is -0.477 e. The number of nitriles is 1. The van der Waals surface area contributed by atoms with Gasteiger partial charge in [-0.1, -0.05) is 12.2 Å². The average Bonchev–Trinajstić information content (AvgIpc) is 2.71. The molecule has 1 N–H and O–H groups in total. The van der Waals surface area contributed by atoms with Crippen molar-refractivity contribution in [3.05, 3.63) is 35.4 Å². The summed E-state index contributed by atoms with van der Waals surface area (Å²) < 4.78 is 125. The molecule has 0 bridgehead atoms. The van der Waals surface area contributed by atoms with Crippen molar-refractivity contribution in [2.75, 3.05) is 19.9 Å². The number of halogens is 9. The van der Waals surface area contributed by atoms with Crippen LogP contribution in [0.15, 0.2) is 24.3 Å². The van der Waals surface area contributed by atoms with Crippen LogP contribution in [0, 0.1) is 11.3 Å². The second-order valence-electron chi connectivity index (χ2n) is 6.51. The molecule has 0 spiro atoms. The summed E-state index contributed by atoms with van der Waals surface area (Å²) in [6, 6.07) is 2.91. The van der Waals surface area contributed by atoms with E-state index in [0.717, 1.165) is 6.08 Å². The Morgan fingerprint density at radius 2 is 1.71 bits per heavy atom. The molecule has 3 nitrogen and oxygen atoms in total. The van der Waals surface area contributed by atoms with Crippen molar-refractivity contribution in [2.24, 2.45) is 0 Å². The predicted molar refractivity (Wildman–Crippen MR) is 95.5 cm³/mol. The van der Waals surface area contributed by atoms with E-state index in [4.69, 9.17) is 22.2 Å². The second kappa shape index (κ2) is 8.57. The minimum atomic E-state index is -6.55. The number of ether oxygens (including phenoxy) is 1. The monoisotopic (exact) mass is 476 g/mol. The van der Waals surface area contributed by atoms with E-state index in [1.165, 1.54) is 0 Å². The Morgan fingerprint density at radius 1 is 1.10 bits per heavy atom. The van der Waals surface area contributed by atoms with Crippen molar-refractivity contribution in [3.8, 4) is 11.8 Å². The third-order valence-corrected chi connectivity index (χ3v) is 4.69. The van der Waals surface area contributed by atoms with Gasteiger partial charge in [-0.2, -0.15) is 36.0 Å². The first kappa shape index (κ1) is 24.8. The SMILES string of the molecule is N#CCCNC(=S)C1=CC(CF)(CF)Oc2ccc(C(F)(F)C(F)(F)C(F)(F)F)cc21. The van der Waals surface area contributed by atoms with Crippen LogP contribution in [-0.4, -0.2) is 42.6 Å². The van der Waals surface area contributed by atoms with E-state index in [9.17, 15) is 39.5 Å². The normalized spacial score (nSPS) is 15.9. The molecule has 1 aliphatic heterocycles. The van der Waals surface area contributed by atoms with Gasteiger partial charge in [-0.3, -0.25) is 0 Å². The summed E-state index contributed by atoms with van der Waals surface area (Å²) in [7, 11) is 0. The van der Waals surface area contributed by atoms with Gasteiger partial charge >= 0.3 is 18.0 Å². The molecule has 0 unspecified atom stereocenters. The van der Waals surface area contributed by atoms with Crippen LogP contribution < -0.4 is 10.1 Å². The fourth-order valence-corrected chi connectivity index (χ4v) is 2.93. The zero-order valence-corrected chi connectivity index (χ0v) is 16.1. The lowest BCUT2D eigenvalue weighted by Crippen LogP contribution is -2.50. The highest BCUT2D eigenvalue weighted by Crippen LogP contribution is 2.52. The van der Waals surface area contributed by atoms with Crippen LogP contribution in [0.1, 0.15) is 17.5 Å². The van der Waals surface area contributed by atoms with Gasteiger partial charge in [0.15, 0.2) is 5.60 Å². The molecule has 1 aromatic carbocycles. The number of hydrogen-bond donors (Lipinski definition) is 1. The average molecular weight is 476 g/mol. The van der Waals surface area contributed by atoms with Gasteiger partial charge in [0, 0.05) is 23.2 Å². The summed E-state index contributed by atoms with van der Waals surface area (Å²) in [5.41, 5.74) is -4.71. The Labute approximate surface area is 175 Å². The van der Waals surface area contributed by atoms with E-state index < -0.39 is 53.8 Å². The third-order valence-electron chi connectivity index (χ3n) is 4.32. The Hall–Kier alpha value is -2.49. The van der Waals surface area contributed by atoms with Gasteiger partial charge in [-0.05, 0) is 24.3 Å². The van der Waals surface area contributed by atoms with Crippen LogP contribution in [-0.2, 0) is 5.92 Å². The van der Waals surface area contributed by atoms with E-state index in [0.29, 0.717) is 12.1 Å². The van der Waals surface area contributed by atoms with Crippen LogP contribution in [0.25, 0.3) is 5.57 Å². The Bertz CT molecular complexity index is 918. The highest BCUT2D eigenvalue weighted by molar-refractivity contribution is 7.81. The molecule has 170 valence electrons. The van der Waals surface area contributed by atoms with Crippen LogP contribution in [0.5, 0.6) is 5.75 Å². The molecule has 0 fully saturated rings. The molecule has 31 heavy (non-hydrogen) atoms. The molecule has 0 aliphatic carbocycles. The van der Waals surface area contributed by atoms with E-state index in [1.807, 2.05) is 0 Å². The van der Waals surface area contributed by atoms with Crippen molar-refractivity contribution in [1.82, 2.24) is 5.32 Å². The van der Waals surface area contributed by atoms with Gasteiger partial charge in [0.05, 0.1) is 12.5 Å². The maximum absolute atomic E-state index is 14.1. The molecular formula is C18H13F9N2OS. The molecule has 13 heteroatoms. The summed E-state index contributed by atoms with van der Waals surface area (Å²) >= 11 is 5.03. The van der Waals surface area contributed by atoms with Gasteiger partial charge < -0.3 is 10.1 Å². The van der Waals surface area contributed by atoms with Gasteiger partial charge in [0.25, 0.3) is 0 Å². The minimum absolute atomic E-state index is 0.0525. The van der Waals surface area contributed by atoms with E-state index in [-0.39, 0.29) is 29.6 Å². The van der Waals surface area contributed by atoms with Crippen molar-refractivity contribution < 1.29 is 44.3 Å². The zero-order chi connectivity index (χ0) is 23.7. The maximum Gasteiger partial charge on any atom is 0.460 e. The molecule has 0 amide bonds. The van der Waals surface area contributed by atoms with Crippen LogP contribution in [0.3, 0.4) is 0 Å². The molecule has 0 atom stereocenters. The highest BCUT2D eigenvalue weighted by Gasteiger charge is 2.73. The quantitative estimate of drug-likeness (QED) is 0.331. The summed E-state index contributed by atoms with van der Waals surface area (Å²) in [4.78, 5) is -0.297. The maximum atomic E-state index is 14.1. The predicted octanol–water partition coefficient (Wildman–Crippen LogP) is 5.26. The van der Waals surface area contributed by atoms with Crippen LogP contribution in [0.4, 0.5) is 39.5 Å². The lowest BCUT2D eigenvalue weighted by Gasteiger charge is -2.34. The number of rotatable bonds is 7. The van der Waals surface area contributed by atoms with Crippen molar-refractivity contribution >= 4 is 22.8 Å². The largest absolute Gasteiger partial charge is 0.477 e. The van der Waals surface area contributed by atoms with Crippen LogP contribution >= 0.6 is 12.2 Å². The molecule has 1 aromatic rings. The lowest BCUT2D eigenvalue weighted by atomic mass is 9.90.